The number of pyridine rings is 1. The molecule has 0 amide bonds. The van der Waals surface area contributed by atoms with E-state index in [0.717, 1.165) is 16.7 Å². The number of halogens is 3. The van der Waals surface area contributed by atoms with Crippen LogP contribution in [0, 0.1) is 0 Å². The van der Waals surface area contributed by atoms with Crippen molar-refractivity contribution in [1.82, 2.24) is 4.98 Å². The summed E-state index contributed by atoms with van der Waals surface area (Å²) in [5, 5.41) is 3.29. The molecule has 0 aliphatic heterocycles. The lowest BCUT2D eigenvalue weighted by Crippen LogP contribution is -2.42. The zero-order valence-electron chi connectivity index (χ0n) is 8.43. The smallest absolute Gasteiger partial charge is 0.140 e. The average Bonchev–Trinajstić information content (AvgIpc) is 2.29. The van der Waals surface area contributed by atoms with Crippen molar-refractivity contribution in [2.75, 3.05) is 17.1 Å². The lowest BCUT2D eigenvalue weighted by molar-refractivity contribution is 0.557. The Hall–Kier alpha value is 0.01000. The number of aromatic nitrogens is 1. The molecule has 1 aromatic rings. The Morgan fingerprint density at radius 1 is 1.47 bits per heavy atom. The van der Waals surface area contributed by atoms with Gasteiger partial charge in [0.05, 0.1) is 10.0 Å². The molecule has 0 aliphatic rings. The number of nitrogens with zero attached hydrogens (tertiary/aromatic N) is 1. The predicted octanol–water partition coefficient (Wildman–Crippen LogP) is 3.88. The quantitative estimate of drug-likeness (QED) is 0.835. The standard InChI is InChI=1S/C10H13BrCl2N2/c1-2-10(6-12,7-13)15-9-8(11)4-3-5-14-9/h3-5H,2,6-7H2,1H3,(H,14,15). The highest BCUT2D eigenvalue weighted by atomic mass is 79.9. The minimum Gasteiger partial charge on any atom is -0.361 e. The van der Waals surface area contributed by atoms with E-state index >= 15 is 0 Å². The maximum atomic E-state index is 5.94. The highest BCUT2D eigenvalue weighted by molar-refractivity contribution is 9.10. The van der Waals surface area contributed by atoms with Gasteiger partial charge in [-0.3, -0.25) is 0 Å². The maximum Gasteiger partial charge on any atom is 0.140 e. The van der Waals surface area contributed by atoms with Crippen LogP contribution in [0.15, 0.2) is 22.8 Å². The molecule has 1 N–H and O–H groups in total. The minimum atomic E-state index is -0.292. The summed E-state index contributed by atoms with van der Waals surface area (Å²) in [6.45, 7) is 2.05. The first kappa shape index (κ1) is 13.1. The van der Waals surface area contributed by atoms with Crippen molar-refractivity contribution in [1.29, 1.82) is 0 Å². The van der Waals surface area contributed by atoms with Gasteiger partial charge in [-0.25, -0.2) is 4.98 Å². The lowest BCUT2D eigenvalue weighted by atomic mass is 10.0. The fourth-order valence-corrected chi connectivity index (χ4v) is 2.26. The van der Waals surface area contributed by atoms with E-state index < -0.39 is 0 Å². The van der Waals surface area contributed by atoms with Gasteiger partial charge in [-0.1, -0.05) is 6.92 Å². The SMILES string of the molecule is CCC(CCl)(CCl)Nc1ncccc1Br. The number of alkyl halides is 2. The van der Waals surface area contributed by atoms with E-state index in [-0.39, 0.29) is 5.54 Å². The van der Waals surface area contributed by atoms with Crippen LogP contribution in [0.5, 0.6) is 0 Å². The normalized spacial score (nSPS) is 11.5. The van der Waals surface area contributed by atoms with Crippen LogP contribution in [-0.2, 0) is 0 Å². The molecule has 0 unspecified atom stereocenters. The first-order valence-electron chi connectivity index (χ1n) is 4.68. The highest BCUT2D eigenvalue weighted by Crippen LogP contribution is 2.25. The molecule has 0 saturated carbocycles. The molecule has 0 spiro atoms. The Morgan fingerprint density at radius 2 is 2.13 bits per heavy atom. The summed E-state index contributed by atoms with van der Waals surface area (Å²) in [5.74, 6) is 1.69. The van der Waals surface area contributed by atoms with Crippen LogP contribution in [0.3, 0.4) is 0 Å². The van der Waals surface area contributed by atoms with Crippen LogP contribution in [0.2, 0.25) is 0 Å². The molecule has 0 saturated heterocycles. The van der Waals surface area contributed by atoms with Crippen molar-refractivity contribution >= 4 is 44.9 Å². The van der Waals surface area contributed by atoms with Crippen LogP contribution in [0.4, 0.5) is 5.82 Å². The van der Waals surface area contributed by atoms with Crippen molar-refractivity contribution in [3.05, 3.63) is 22.8 Å². The fourth-order valence-electron chi connectivity index (χ4n) is 1.11. The first-order valence-corrected chi connectivity index (χ1v) is 6.54. The summed E-state index contributed by atoms with van der Waals surface area (Å²) in [5.41, 5.74) is -0.292. The van der Waals surface area contributed by atoms with E-state index in [0.29, 0.717) is 11.8 Å². The molecule has 1 aromatic heterocycles. The van der Waals surface area contributed by atoms with Crippen molar-refractivity contribution in [2.45, 2.75) is 18.9 Å². The Bertz CT molecular complexity index is 308. The maximum absolute atomic E-state index is 5.94. The van der Waals surface area contributed by atoms with E-state index in [1.54, 1.807) is 6.20 Å². The second kappa shape index (κ2) is 5.92. The van der Waals surface area contributed by atoms with Gasteiger partial charge in [0.2, 0.25) is 0 Å². The van der Waals surface area contributed by atoms with Gasteiger partial charge in [-0.15, -0.1) is 23.2 Å². The summed E-state index contributed by atoms with van der Waals surface area (Å²) in [6.07, 6.45) is 2.58. The number of anilines is 1. The van der Waals surface area contributed by atoms with Gasteiger partial charge in [0, 0.05) is 18.0 Å². The molecule has 0 fully saturated rings. The van der Waals surface area contributed by atoms with Crippen LogP contribution in [-0.4, -0.2) is 22.3 Å². The third kappa shape index (κ3) is 3.23. The molecule has 1 heterocycles. The van der Waals surface area contributed by atoms with Crippen molar-refractivity contribution in [2.24, 2.45) is 0 Å². The number of rotatable bonds is 5. The van der Waals surface area contributed by atoms with Gasteiger partial charge in [0.1, 0.15) is 5.82 Å². The molecule has 1 rings (SSSR count). The zero-order valence-corrected chi connectivity index (χ0v) is 11.5. The van der Waals surface area contributed by atoms with Gasteiger partial charge in [0.15, 0.2) is 0 Å². The average molecular weight is 312 g/mol. The molecule has 0 radical (unpaired) electrons. The van der Waals surface area contributed by atoms with E-state index in [9.17, 15) is 0 Å². The summed E-state index contributed by atoms with van der Waals surface area (Å²) < 4.78 is 0.915. The molecular weight excluding hydrogens is 299 g/mol. The Morgan fingerprint density at radius 3 is 2.60 bits per heavy atom. The van der Waals surface area contributed by atoms with Crippen molar-refractivity contribution in [3.63, 3.8) is 0 Å². The fraction of sp³-hybridized carbons (Fsp3) is 0.500. The zero-order chi connectivity index (χ0) is 11.3. The van der Waals surface area contributed by atoms with E-state index in [4.69, 9.17) is 23.2 Å². The second-order valence-corrected chi connectivity index (χ2v) is 4.75. The van der Waals surface area contributed by atoms with Crippen LogP contribution in [0.1, 0.15) is 13.3 Å². The number of hydrogen-bond donors (Lipinski definition) is 1. The Balaban J connectivity index is 2.88. The van der Waals surface area contributed by atoms with E-state index in [1.165, 1.54) is 0 Å². The van der Waals surface area contributed by atoms with Crippen LogP contribution >= 0.6 is 39.1 Å². The van der Waals surface area contributed by atoms with Crippen molar-refractivity contribution < 1.29 is 0 Å². The summed E-state index contributed by atoms with van der Waals surface area (Å²) in [4.78, 5) is 4.23. The number of nitrogens with one attached hydrogen (secondary N) is 1. The molecule has 0 aromatic carbocycles. The van der Waals surface area contributed by atoms with Gasteiger partial charge in [-0.05, 0) is 34.5 Å². The molecule has 0 aliphatic carbocycles. The van der Waals surface area contributed by atoms with Gasteiger partial charge < -0.3 is 5.32 Å². The molecular formula is C10H13BrCl2N2. The van der Waals surface area contributed by atoms with Crippen LogP contribution < -0.4 is 5.32 Å². The molecule has 15 heavy (non-hydrogen) atoms. The van der Waals surface area contributed by atoms with Gasteiger partial charge in [0.25, 0.3) is 0 Å². The van der Waals surface area contributed by atoms with Crippen LogP contribution in [0.25, 0.3) is 0 Å². The predicted molar refractivity (Wildman–Crippen MR) is 70.0 cm³/mol. The molecule has 0 bridgehead atoms. The Kier molecular flexibility index (Phi) is 5.16. The third-order valence-electron chi connectivity index (χ3n) is 2.33. The summed E-state index contributed by atoms with van der Waals surface area (Å²) in [7, 11) is 0. The lowest BCUT2D eigenvalue weighted by Gasteiger charge is -2.30. The number of hydrogen-bond acceptors (Lipinski definition) is 2. The summed E-state index contributed by atoms with van der Waals surface area (Å²) in [6, 6.07) is 3.79. The second-order valence-electron chi connectivity index (χ2n) is 3.36. The van der Waals surface area contributed by atoms with E-state index in [2.05, 4.69) is 33.2 Å². The first-order chi connectivity index (χ1) is 7.17. The monoisotopic (exact) mass is 310 g/mol. The van der Waals surface area contributed by atoms with E-state index in [1.807, 2.05) is 12.1 Å². The molecule has 0 atom stereocenters. The molecule has 2 nitrogen and oxygen atoms in total. The molecule has 84 valence electrons. The van der Waals surface area contributed by atoms with Gasteiger partial charge in [-0.2, -0.15) is 0 Å². The third-order valence-corrected chi connectivity index (χ3v) is 3.99. The Labute approximate surface area is 108 Å². The minimum absolute atomic E-state index is 0.292. The topological polar surface area (TPSA) is 24.9 Å². The van der Waals surface area contributed by atoms with Gasteiger partial charge >= 0.3 is 0 Å². The van der Waals surface area contributed by atoms with Crippen molar-refractivity contribution in [3.8, 4) is 0 Å². The molecule has 5 heteroatoms. The summed E-state index contributed by atoms with van der Waals surface area (Å²) >= 11 is 15.3. The largest absolute Gasteiger partial charge is 0.361 e. The highest BCUT2D eigenvalue weighted by Gasteiger charge is 2.26.